The van der Waals surface area contributed by atoms with E-state index >= 15 is 0 Å². The fourth-order valence-corrected chi connectivity index (χ4v) is 1.81. The van der Waals surface area contributed by atoms with Gasteiger partial charge in [0.15, 0.2) is 0 Å². The summed E-state index contributed by atoms with van der Waals surface area (Å²) in [7, 11) is 2.01. The molecule has 4 heteroatoms. The van der Waals surface area contributed by atoms with Gasteiger partial charge in [0.05, 0.1) is 16.4 Å². The number of halogens is 1. The van der Waals surface area contributed by atoms with E-state index in [-0.39, 0.29) is 5.38 Å². The molecular formula is C13H18ClN3. The number of imidazole rings is 1. The van der Waals surface area contributed by atoms with Crippen molar-refractivity contribution in [2.75, 3.05) is 11.9 Å². The lowest BCUT2D eigenvalue weighted by atomic mass is 10.1. The van der Waals surface area contributed by atoms with Crippen molar-refractivity contribution in [3.05, 3.63) is 24.3 Å². The van der Waals surface area contributed by atoms with Gasteiger partial charge in [-0.05, 0) is 18.1 Å². The van der Waals surface area contributed by atoms with Crippen molar-refractivity contribution in [3.63, 3.8) is 0 Å². The summed E-state index contributed by atoms with van der Waals surface area (Å²) in [6, 6.07) is 8.10. The Bertz CT molecular complexity index is 504. The highest BCUT2D eigenvalue weighted by Crippen LogP contribution is 2.18. The molecule has 0 bridgehead atoms. The van der Waals surface area contributed by atoms with Gasteiger partial charge in [-0.2, -0.15) is 0 Å². The van der Waals surface area contributed by atoms with Gasteiger partial charge >= 0.3 is 0 Å². The molecule has 1 atom stereocenters. The largest absolute Gasteiger partial charge is 0.354 e. The first kappa shape index (κ1) is 12.2. The van der Waals surface area contributed by atoms with E-state index in [0.29, 0.717) is 5.92 Å². The molecule has 0 radical (unpaired) electrons. The Hall–Kier alpha value is -1.22. The number of aryl methyl sites for hydroxylation is 1. The third kappa shape index (κ3) is 2.55. The smallest absolute Gasteiger partial charge is 0.203 e. The van der Waals surface area contributed by atoms with Gasteiger partial charge in [0.25, 0.3) is 0 Å². The monoisotopic (exact) mass is 251 g/mol. The minimum atomic E-state index is 0.120. The Kier molecular flexibility index (Phi) is 3.57. The highest BCUT2D eigenvalue weighted by molar-refractivity contribution is 6.21. The number of rotatable bonds is 4. The zero-order valence-electron chi connectivity index (χ0n) is 10.4. The average Bonchev–Trinajstić information content (AvgIpc) is 2.64. The molecule has 0 spiro atoms. The normalized spacial score (nSPS) is 13.2. The SMILES string of the molecule is CC(C)C(Cl)CNc1nc2ccccc2n1C. The fraction of sp³-hybridized carbons (Fsp3) is 0.462. The van der Waals surface area contributed by atoms with Gasteiger partial charge in [0.2, 0.25) is 5.95 Å². The zero-order chi connectivity index (χ0) is 12.4. The second-order valence-corrected chi connectivity index (χ2v) is 5.18. The summed E-state index contributed by atoms with van der Waals surface area (Å²) >= 11 is 6.22. The first-order valence-electron chi connectivity index (χ1n) is 5.89. The van der Waals surface area contributed by atoms with Crippen molar-refractivity contribution in [1.29, 1.82) is 0 Å². The number of para-hydroxylation sites is 2. The summed E-state index contributed by atoms with van der Waals surface area (Å²) in [6.45, 7) is 4.97. The van der Waals surface area contributed by atoms with E-state index in [1.54, 1.807) is 0 Å². The molecule has 0 fully saturated rings. The molecule has 92 valence electrons. The molecule has 2 aromatic rings. The summed E-state index contributed by atoms with van der Waals surface area (Å²) in [6.07, 6.45) is 0. The van der Waals surface area contributed by atoms with Crippen LogP contribution in [0, 0.1) is 5.92 Å². The standard InChI is InChI=1S/C13H18ClN3/c1-9(2)10(14)8-15-13-16-11-6-4-5-7-12(11)17(13)3/h4-7,9-10H,8H2,1-3H3,(H,15,16). The van der Waals surface area contributed by atoms with E-state index in [1.807, 2.05) is 25.2 Å². The summed E-state index contributed by atoms with van der Waals surface area (Å²) in [5, 5.41) is 3.42. The average molecular weight is 252 g/mol. The van der Waals surface area contributed by atoms with Crippen LogP contribution in [-0.2, 0) is 7.05 Å². The Balaban J connectivity index is 2.16. The van der Waals surface area contributed by atoms with E-state index in [0.717, 1.165) is 23.5 Å². The highest BCUT2D eigenvalue weighted by atomic mass is 35.5. The van der Waals surface area contributed by atoms with Crippen LogP contribution in [-0.4, -0.2) is 21.5 Å². The molecule has 0 aliphatic rings. The number of hydrogen-bond donors (Lipinski definition) is 1. The maximum absolute atomic E-state index is 6.22. The second-order valence-electron chi connectivity index (χ2n) is 4.62. The van der Waals surface area contributed by atoms with E-state index < -0.39 is 0 Å². The van der Waals surface area contributed by atoms with Crippen molar-refractivity contribution in [3.8, 4) is 0 Å². The molecule has 1 aromatic carbocycles. The van der Waals surface area contributed by atoms with Crippen molar-refractivity contribution >= 4 is 28.6 Å². The van der Waals surface area contributed by atoms with E-state index in [2.05, 4.69) is 34.8 Å². The van der Waals surface area contributed by atoms with E-state index in [4.69, 9.17) is 11.6 Å². The number of nitrogens with one attached hydrogen (secondary N) is 1. The molecule has 2 rings (SSSR count). The van der Waals surface area contributed by atoms with Gasteiger partial charge in [0, 0.05) is 13.6 Å². The lowest BCUT2D eigenvalue weighted by molar-refractivity contribution is 0.614. The summed E-state index contributed by atoms with van der Waals surface area (Å²) in [4.78, 5) is 4.54. The van der Waals surface area contributed by atoms with E-state index in [9.17, 15) is 0 Å². The van der Waals surface area contributed by atoms with Crippen LogP contribution in [0.4, 0.5) is 5.95 Å². The summed E-state index contributed by atoms with van der Waals surface area (Å²) in [5.41, 5.74) is 2.14. The number of fused-ring (bicyclic) bond motifs is 1. The van der Waals surface area contributed by atoms with Crippen molar-refractivity contribution < 1.29 is 0 Å². The fourth-order valence-electron chi connectivity index (χ4n) is 1.73. The third-order valence-corrected chi connectivity index (χ3v) is 3.62. The molecule has 17 heavy (non-hydrogen) atoms. The number of nitrogens with zero attached hydrogens (tertiary/aromatic N) is 2. The maximum Gasteiger partial charge on any atom is 0.203 e. The number of aromatic nitrogens is 2. The van der Waals surface area contributed by atoms with Crippen LogP contribution in [0.15, 0.2) is 24.3 Å². The van der Waals surface area contributed by atoms with Crippen LogP contribution in [0.2, 0.25) is 0 Å². The molecule has 0 aliphatic heterocycles. The Labute approximate surface area is 107 Å². The maximum atomic E-state index is 6.22. The van der Waals surface area contributed by atoms with Gasteiger partial charge < -0.3 is 9.88 Å². The molecule has 0 aliphatic carbocycles. The molecule has 0 amide bonds. The lowest BCUT2D eigenvalue weighted by Gasteiger charge is -2.14. The highest BCUT2D eigenvalue weighted by Gasteiger charge is 2.11. The minimum absolute atomic E-state index is 0.120. The number of anilines is 1. The van der Waals surface area contributed by atoms with Gasteiger partial charge in [-0.1, -0.05) is 26.0 Å². The quantitative estimate of drug-likeness (QED) is 0.846. The molecular weight excluding hydrogens is 234 g/mol. The Morgan fingerprint density at radius 1 is 1.35 bits per heavy atom. The molecule has 1 heterocycles. The van der Waals surface area contributed by atoms with Crippen molar-refractivity contribution in [2.24, 2.45) is 13.0 Å². The van der Waals surface area contributed by atoms with Crippen LogP contribution < -0.4 is 5.32 Å². The molecule has 0 saturated heterocycles. The predicted molar refractivity (Wildman–Crippen MR) is 73.7 cm³/mol. The number of benzene rings is 1. The Morgan fingerprint density at radius 3 is 2.71 bits per heavy atom. The van der Waals surface area contributed by atoms with E-state index in [1.165, 1.54) is 0 Å². The third-order valence-electron chi connectivity index (χ3n) is 2.97. The van der Waals surface area contributed by atoms with Gasteiger partial charge in [-0.3, -0.25) is 0 Å². The predicted octanol–water partition coefficient (Wildman–Crippen LogP) is 3.25. The minimum Gasteiger partial charge on any atom is -0.354 e. The van der Waals surface area contributed by atoms with Crippen LogP contribution in [0.5, 0.6) is 0 Å². The van der Waals surface area contributed by atoms with Crippen LogP contribution >= 0.6 is 11.6 Å². The van der Waals surface area contributed by atoms with Gasteiger partial charge in [0.1, 0.15) is 0 Å². The van der Waals surface area contributed by atoms with Crippen LogP contribution in [0.1, 0.15) is 13.8 Å². The second kappa shape index (κ2) is 4.96. The summed E-state index contributed by atoms with van der Waals surface area (Å²) in [5.74, 6) is 1.33. The molecule has 1 N–H and O–H groups in total. The molecule has 1 unspecified atom stereocenters. The van der Waals surface area contributed by atoms with Crippen molar-refractivity contribution in [2.45, 2.75) is 19.2 Å². The van der Waals surface area contributed by atoms with Crippen LogP contribution in [0.3, 0.4) is 0 Å². The van der Waals surface area contributed by atoms with Gasteiger partial charge in [-0.15, -0.1) is 11.6 Å². The first-order valence-corrected chi connectivity index (χ1v) is 6.32. The zero-order valence-corrected chi connectivity index (χ0v) is 11.2. The number of hydrogen-bond acceptors (Lipinski definition) is 2. The lowest BCUT2D eigenvalue weighted by Crippen LogP contribution is -2.20. The Morgan fingerprint density at radius 2 is 2.06 bits per heavy atom. The molecule has 3 nitrogen and oxygen atoms in total. The molecule has 1 aromatic heterocycles. The number of alkyl halides is 1. The topological polar surface area (TPSA) is 29.9 Å². The summed E-state index contributed by atoms with van der Waals surface area (Å²) < 4.78 is 2.05. The molecule has 0 saturated carbocycles. The van der Waals surface area contributed by atoms with Crippen molar-refractivity contribution in [1.82, 2.24) is 9.55 Å². The van der Waals surface area contributed by atoms with Gasteiger partial charge in [-0.25, -0.2) is 4.98 Å². The van der Waals surface area contributed by atoms with Crippen LogP contribution in [0.25, 0.3) is 11.0 Å². The first-order chi connectivity index (χ1) is 8.09.